The molecule has 0 bridgehead atoms. The maximum absolute atomic E-state index is 14.5. The highest BCUT2D eigenvalue weighted by Gasteiger charge is 2.22. The highest BCUT2D eigenvalue weighted by molar-refractivity contribution is 7.93. The maximum atomic E-state index is 14.5. The van der Waals surface area contributed by atoms with Gasteiger partial charge in [0.15, 0.2) is 11.6 Å². The van der Waals surface area contributed by atoms with Gasteiger partial charge in [-0.2, -0.15) is 4.37 Å². The Morgan fingerprint density at radius 1 is 1.13 bits per heavy atom. The lowest BCUT2D eigenvalue weighted by molar-refractivity contribution is 0.388. The fourth-order valence-corrected chi connectivity index (χ4v) is 4.36. The molecule has 0 aliphatic carbocycles. The summed E-state index contributed by atoms with van der Waals surface area (Å²) < 4.78 is 66.0. The molecule has 160 valence electrons. The fraction of sp³-hybridized carbons (Fsp3) is 0.0556. The molecule has 0 amide bonds. The molecule has 0 saturated carbocycles. The van der Waals surface area contributed by atoms with Crippen LogP contribution in [0.2, 0.25) is 5.02 Å². The summed E-state index contributed by atoms with van der Waals surface area (Å²) in [5, 5.41) is 4.68. The molecule has 0 spiro atoms. The van der Waals surface area contributed by atoms with E-state index < -0.39 is 32.3 Å². The van der Waals surface area contributed by atoms with Crippen LogP contribution in [0.5, 0.6) is 11.6 Å². The molecule has 2 heterocycles. The maximum Gasteiger partial charge on any atom is 0.263 e. The Labute approximate surface area is 184 Å². The van der Waals surface area contributed by atoms with Crippen molar-refractivity contribution in [3.8, 4) is 11.6 Å². The zero-order valence-electron chi connectivity index (χ0n) is 15.4. The first-order valence-electron chi connectivity index (χ1n) is 8.54. The Morgan fingerprint density at radius 2 is 1.84 bits per heavy atom. The van der Waals surface area contributed by atoms with Gasteiger partial charge in [-0.15, -0.1) is 5.10 Å². The van der Waals surface area contributed by atoms with Gasteiger partial charge in [-0.3, -0.25) is 9.40 Å². The Hall–Kier alpha value is -3.09. The predicted octanol–water partition coefficient (Wildman–Crippen LogP) is 4.31. The van der Waals surface area contributed by atoms with Crippen LogP contribution in [0, 0.1) is 11.6 Å². The third-order valence-corrected chi connectivity index (χ3v) is 6.23. The molecule has 13 heteroatoms. The standard InChI is InChI=1S/C18H12ClF2N5O3S2/c19-12-3-1-11(2-4-12)9-26-6-5-16(24-26)29-17-14(20)7-13(8-15(17)21)31(27,28)25-18-22-10-23-30-18/h1-8,10H,9H2,(H,22,23,25). The third-order valence-electron chi connectivity index (χ3n) is 3.95. The second-order valence-electron chi connectivity index (χ2n) is 6.15. The van der Waals surface area contributed by atoms with Crippen LogP contribution in [0.25, 0.3) is 0 Å². The summed E-state index contributed by atoms with van der Waals surface area (Å²) in [6.07, 6.45) is 2.72. The van der Waals surface area contributed by atoms with Gasteiger partial charge < -0.3 is 4.74 Å². The lowest BCUT2D eigenvalue weighted by atomic mass is 10.2. The second-order valence-corrected chi connectivity index (χ2v) is 9.05. The molecule has 0 atom stereocenters. The first-order chi connectivity index (χ1) is 14.8. The number of anilines is 1. The molecular weight excluding hydrogens is 472 g/mol. The Bertz CT molecular complexity index is 1290. The predicted molar refractivity (Wildman–Crippen MR) is 110 cm³/mol. The SMILES string of the molecule is O=S(=O)(Nc1ncns1)c1cc(F)c(Oc2ccn(Cc3ccc(Cl)cc3)n2)c(F)c1. The molecule has 1 N–H and O–H groups in total. The van der Waals surface area contributed by atoms with Crippen LogP contribution < -0.4 is 9.46 Å². The summed E-state index contributed by atoms with van der Waals surface area (Å²) in [6.45, 7) is 0.389. The van der Waals surface area contributed by atoms with Crippen molar-refractivity contribution in [2.24, 2.45) is 0 Å². The van der Waals surface area contributed by atoms with E-state index in [-0.39, 0.29) is 11.0 Å². The van der Waals surface area contributed by atoms with Crippen molar-refractivity contribution >= 4 is 38.3 Å². The van der Waals surface area contributed by atoms with Crippen LogP contribution in [-0.2, 0) is 16.6 Å². The van der Waals surface area contributed by atoms with Crippen LogP contribution in [0.15, 0.2) is 59.9 Å². The van der Waals surface area contributed by atoms with Crippen LogP contribution in [0.3, 0.4) is 0 Å². The number of rotatable bonds is 7. The summed E-state index contributed by atoms with van der Waals surface area (Å²) in [4.78, 5) is 3.04. The number of ether oxygens (including phenoxy) is 1. The summed E-state index contributed by atoms with van der Waals surface area (Å²) in [7, 11) is -4.26. The van der Waals surface area contributed by atoms with Crippen molar-refractivity contribution in [1.29, 1.82) is 0 Å². The molecule has 0 radical (unpaired) electrons. The van der Waals surface area contributed by atoms with Crippen LogP contribution >= 0.6 is 23.1 Å². The van der Waals surface area contributed by atoms with E-state index in [1.807, 2.05) is 12.1 Å². The van der Waals surface area contributed by atoms with Crippen molar-refractivity contribution in [1.82, 2.24) is 19.1 Å². The fourth-order valence-electron chi connectivity index (χ4n) is 2.55. The average molecular weight is 484 g/mol. The quantitative estimate of drug-likeness (QED) is 0.420. The molecule has 4 rings (SSSR count). The van der Waals surface area contributed by atoms with Crippen LogP contribution in [0.1, 0.15) is 5.56 Å². The number of benzene rings is 2. The van der Waals surface area contributed by atoms with E-state index in [2.05, 4.69) is 19.2 Å². The topological polar surface area (TPSA) is 99.0 Å². The van der Waals surface area contributed by atoms with Gasteiger partial charge in [0, 0.05) is 28.8 Å². The van der Waals surface area contributed by atoms with Crippen molar-refractivity contribution in [2.75, 3.05) is 4.72 Å². The number of sulfonamides is 1. The summed E-state index contributed by atoms with van der Waals surface area (Å²) in [5.74, 6) is -3.24. The van der Waals surface area contributed by atoms with Crippen molar-refractivity contribution in [3.63, 3.8) is 0 Å². The molecule has 4 aromatic rings. The zero-order chi connectivity index (χ0) is 22.0. The minimum atomic E-state index is -4.26. The number of aromatic nitrogens is 4. The molecule has 2 aromatic heterocycles. The van der Waals surface area contributed by atoms with Gasteiger partial charge in [0.2, 0.25) is 16.8 Å². The number of nitrogens with zero attached hydrogens (tertiary/aromatic N) is 4. The number of hydrogen-bond acceptors (Lipinski definition) is 7. The molecule has 8 nitrogen and oxygen atoms in total. The van der Waals surface area contributed by atoms with Gasteiger partial charge in [0.1, 0.15) is 6.33 Å². The number of hydrogen-bond donors (Lipinski definition) is 1. The van der Waals surface area contributed by atoms with Gasteiger partial charge in [-0.25, -0.2) is 22.2 Å². The molecular formula is C18H12ClF2N5O3S2. The lowest BCUT2D eigenvalue weighted by Gasteiger charge is -2.09. The molecule has 2 aromatic carbocycles. The molecule has 0 saturated heterocycles. The van der Waals surface area contributed by atoms with Gasteiger partial charge in [-0.1, -0.05) is 23.7 Å². The number of nitrogens with one attached hydrogen (secondary N) is 1. The van der Waals surface area contributed by atoms with Gasteiger partial charge in [0.05, 0.1) is 11.4 Å². The third kappa shape index (κ3) is 4.98. The molecule has 0 unspecified atom stereocenters. The van der Waals surface area contributed by atoms with E-state index in [0.29, 0.717) is 23.7 Å². The normalized spacial score (nSPS) is 11.5. The van der Waals surface area contributed by atoms with Crippen molar-refractivity contribution in [3.05, 3.63) is 77.2 Å². The van der Waals surface area contributed by atoms with Gasteiger partial charge >= 0.3 is 0 Å². The van der Waals surface area contributed by atoms with E-state index in [1.54, 1.807) is 18.3 Å². The van der Waals surface area contributed by atoms with E-state index in [1.165, 1.54) is 10.7 Å². The molecule has 0 aliphatic rings. The zero-order valence-corrected chi connectivity index (χ0v) is 17.8. The van der Waals surface area contributed by atoms with E-state index in [4.69, 9.17) is 16.3 Å². The Balaban J connectivity index is 1.52. The van der Waals surface area contributed by atoms with Crippen molar-refractivity contribution in [2.45, 2.75) is 11.4 Å². The Kier molecular flexibility index (Phi) is 5.85. The first-order valence-corrected chi connectivity index (χ1v) is 11.2. The largest absolute Gasteiger partial charge is 0.431 e. The van der Waals surface area contributed by atoms with E-state index >= 15 is 0 Å². The highest BCUT2D eigenvalue weighted by atomic mass is 35.5. The molecule has 31 heavy (non-hydrogen) atoms. The van der Waals surface area contributed by atoms with Crippen LogP contribution in [0.4, 0.5) is 13.9 Å². The van der Waals surface area contributed by atoms with E-state index in [0.717, 1.165) is 23.4 Å². The highest BCUT2D eigenvalue weighted by Crippen LogP contribution is 2.30. The number of halogens is 3. The Morgan fingerprint density at radius 3 is 2.48 bits per heavy atom. The summed E-state index contributed by atoms with van der Waals surface area (Å²) in [6, 6.07) is 9.82. The monoisotopic (exact) mass is 483 g/mol. The minimum Gasteiger partial charge on any atom is -0.431 e. The average Bonchev–Trinajstić information content (AvgIpc) is 3.38. The summed E-state index contributed by atoms with van der Waals surface area (Å²) >= 11 is 6.63. The van der Waals surface area contributed by atoms with E-state index in [9.17, 15) is 17.2 Å². The smallest absolute Gasteiger partial charge is 0.263 e. The van der Waals surface area contributed by atoms with Crippen LogP contribution in [-0.4, -0.2) is 27.6 Å². The lowest BCUT2D eigenvalue weighted by Crippen LogP contribution is -2.13. The van der Waals surface area contributed by atoms with Gasteiger partial charge in [0.25, 0.3) is 10.0 Å². The van der Waals surface area contributed by atoms with Crippen molar-refractivity contribution < 1.29 is 21.9 Å². The second kappa shape index (κ2) is 8.57. The minimum absolute atomic E-state index is 0.0348. The van der Waals surface area contributed by atoms with Gasteiger partial charge in [-0.05, 0) is 29.8 Å². The first kappa shape index (κ1) is 21.2. The molecule has 0 aliphatic heterocycles. The molecule has 0 fully saturated rings. The summed E-state index contributed by atoms with van der Waals surface area (Å²) in [5.41, 5.74) is 0.911.